The fourth-order valence-electron chi connectivity index (χ4n) is 5.68. The van der Waals surface area contributed by atoms with Crippen molar-refractivity contribution in [2.75, 3.05) is 13.7 Å². The van der Waals surface area contributed by atoms with Crippen molar-refractivity contribution in [3.8, 4) is 0 Å². The van der Waals surface area contributed by atoms with Gasteiger partial charge < -0.3 is 35.0 Å². The number of rotatable bonds is 18. The average molecular weight is 1120 g/mol. The highest BCUT2D eigenvalue weighted by molar-refractivity contribution is 6.42. The van der Waals surface area contributed by atoms with Gasteiger partial charge in [0.1, 0.15) is 0 Å². The Morgan fingerprint density at radius 3 is 1.01 bits per heavy atom. The van der Waals surface area contributed by atoms with Crippen LogP contribution >= 0.6 is 0 Å². The molecule has 81 heavy (non-hydrogen) atoms. The molecule has 21 nitrogen and oxygen atoms in total. The van der Waals surface area contributed by atoms with Gasteiger partial charge in [-0.2, -0.15) is 0 Å². The van der Waals surface area contributed by atoms with Crippen LogP contribution in [0.15, 0.2) is 170 Å². The van der Waals surface area contributed by atoms with E-state index in [0.717, 1.165) is 12.0 Å². The molecule has 0 bridgehead atoms. The van der Waals surface area contributed by atoms with Crippen LogP contribution in [0.2, 0.25) is 0 Å². The van der Waals surface area contributed by atoms with Gasteiger partial charge in [0.05, 0.1) is 13.7 Å². The quantitative estimate of drug-likeness (QED) is 0.0309. The number of ketones is 7. The van der Waals surface area contributed by atoms with E-state index in [9.17, 15) is 67.1 Å². The molecular formula is C60H58O21. The van der Waals surface area contributed by atoms with E-state index in [1.54, 1.807) is 147 Å². The number of benzene rings is 6. The predicted molar refractivity (Wildman–Crippen MR) is 290 cm³/mol. The third-order valence-corrected chi connectivity index (χ3v) is 9.78. The molecule has 0 aromatic heterocycles. The summed E-state index contributed by atoms with van der Waals surface area (Å²) >= 11 is 0. The Hall–Kier alpha value is -10.7. The first kappa shape index (κ1) is 70.3. The van der Waals surface area contributed by atoms with Crippen molar-refractivity contribution in [1.29, 1.82) is 0 Å². The molecule has 0 saturated heterocycles. The lowest BCUT2D eigenvalue weighted by Gasteiger charge is -2.02. The number of Topliss-reactive ketones (excluding diaryl/α,β-unsaturated/α-hetero) is 7. The first-order valence-corrected chi connectivity index (χ1v) is 24.0. The van der Waals surface area contributed by atoms with E-state index in [2.05, 4.69) is 9.47 Å². The van der Waals surface area contributed by atoms with Crippen LogP contribution in [0.4, 0.5) is 0 Å². The highest BCUT2D eigenvalue weighted by atomic mass is 16.5. The Morgan fingerprint density at radius 2 is 0.691 bits per heavy atom. The lowest BCUT2D eigenvalue weighted by atomic mass is 10.0. The normalized spacial score (nSPS) is 9.25. The number of aliphatic carboxylic acids is 5. The SMILES string of the molecule is CCCCC(=O)C(=O)O.CCOC(=O)C(=O)c1ccccc1.CCc1ccccc1C(=O)C(=O)O.COC(=O)C(=O)c1ccccc1.Cc1ccccc1C(=O)C(=O)O.O=C(O)C(=O)c1ccccc1.O=C(O)C(=O)c1ccccc1. The second-order valence-electron chi connectivity index (χ2n) is 15.5. The number of esters is 2. The number of hydrogen-bond acceptors (Lipinski definition) is 16. The topological polar surface area (TPSA) is 359 Å². The molecule has 6 rings (SSSR count). The highest BCUT2D eigenvalue weighted by Crippen LogP contribution is 2.11. The largest absolute Gasteiger partial charge is 0.476 e. The van der Waals surface area contributed by atoms with Crippen LogP contribution in [0.25, 0.3) is 0 Å². The van der Waals surface area contributed by atoms with E-state index in [1.807, 2.05) is 13.8 Å². The van der Waals surface area contributed by atoms with E-state index >= 15 is 0 Å². The lowest BCUT2D eigenvalue weighted by Crippen LogP contribution is -2.17. The summed E-state index contributed by atoms with van der Waals surface area (Å²) in [6, 6.07) is 45.8. The molecule has 0 spiro atoms. The first-order chi connectivity index (χ1) is 38.4. The molecule has 0 aliphatic heterocycles. The molecule has 424 valence electrons. The van der Waals surface area contributed by atoms with Crippen molar-refractivity contribution in [3.05, 3.63) is 214 Å². The van der Waals surface area contributed by atoms with Gasteiger partial charge in [-0.3, -0.25) is 33.6 Å². The zero-order valence-electron chi connectivity index (χ0n) is 44.5. The Balaban J connectivity index is 0.000000924. The Morgan fingerprint density at radius 1 is 0.370 bits per heavy atom. The van der Waals surface area contributed by atoms with E-state index in [1.165, 1.54) is 43.5 Å². The van der Waals surface area contributed by atoms with Crippen molar-refractivity contribution in [2.24, 2.45) is 0 Å². The standard InChI is InChI=1S/2C10H10O3.2C9H8O3.2C8H6O3.C6H10O3/c1-2-13-10(12)9(11)8-6-4-3-5-7-8;1-2-7-5-3-4-6-8(7)9(11)10(12)13;1-12-9(11)8(10)7-5-3-2-4-6-7;1-6-4-2-3-5-7(6)8(10)9(11)12;2*9-7(8(10)11)6-4-2-1-3-5-6;1-2-3-4-5(7)6(8)9/h3-7H,2H2,1H3;3-6H,2H2,1H3,(H,12,13);2-6H,1H3;2-5H,1H3,(H,11,12);2*1-5H,(H,10,11);2-4H2,1H3,(H,8,9). The maximum absolute atomic E-state index is 11.3. The van der Waals surface area contributed by atoms with Crippen LogP contribution in [0, 0.1) is 6.92 Å². The molecule has 0 unspecified atom stereocenters. The number of aryl methyl sites for hydroxylation is 2. The van der Waals surface area contributed by atoms with Crippen LogP contribution in [0.1, 0.15) is 113 Å². The molecular weight excluding hydrogens is 1060 g/mol. The molecule has 0 saturated carbocycles. The fraction of sp³-hybridized carbons (Fsp3) is 0.167. The first-order valence-electron chi connectivity index (χ1n) is 24.0. The molecule has 0 aliphatic carbocycles. The summed E-state index contributed by atoms with van der Waals surface area (Å²) in [5.41, 5.74) is 3.13. The minimum absolute atomic E-state index is 0.172. The summed E-state index contributed by atoms with van der Waals surface area (Å²) in [6.07, 6.45) is 2.37. The minimum Gasteiger partial charge on any atom is -0.476 e. The number of unbranched alkanes of at least 4 members (excludes halogenated alkanes) is 1. The fourth-order valence-corrected chi connectivity index (χ4v) is 5.68. The molecule has 6 aromatic rings. The molecule has 0 fully saturated rings. The summed E-state index contributed by atoms with van der Waals surface area (Å²) < 4.78 is 8.85. The molecule has 0 radical (unpaired) electrons. The van der Waals surface area contributed by atoms with Crippen LogP contribution in [0.3, 0.4) is 0 Å². The van der Waals surface area contributed by atoms with Crippen molar-refractivity contribution in [3.63, 3.8) is 0 Å². The van der Waals surface area contributed by atoms with Gasteiger partial charge in [0.15, 0.2) is 0 Å². The third-order valence-electron chi connectivity index (χ3n) is 9.78. The monoisotopic (exact) mass is 1110 g/mol. The van der Waals surface area contributed by atoms with Gasteiger partial charge in [0, 0.05) is 39.8 Å². The van der Waals surface area contributed by atoms with Crippen molar-refractivity contribution >= 4 is 82.3 Å². The second-order valence-corrected chi connectivity index (χ2v) is 15.5. The van der Waals surface area contributed by atoms with E-state index in [4.69, 9.17) is 25.5 Å². The van der Waals surface area contributed by atoms with Gasteiger partial charge in [-0.1, -0.05) is 190 Å². The van der Waals surface area contributed by atoms with Gasteiger partial charge in [-0.25, -0.2) is 33.6 Å². The lowest BCUT2D eigenvalue weighted by molar-refractivity contribution is -0.149. The predicted octanol–water partition coefficient (Wildman–Crippen LogP) is 7.99. The highest BCUT2D eigenvalue weighted by Gasteiger charge is 2.19. The van der Waals surface area contributed by atoms with Gasteiger partial charge in [0.25, 0.3) is 34.7 Å². The van der Waals surface area contributed by atoms with Crippen molar-refractivity contribution in [1.82, 2.24) is 0 Å². The molecule has 0 heterocycles. The zero-order chi connectivity index (χ0) is 61.5. The maximum Gasteiger partial charge on any atom is 0.379 e. The summed E-state index contributed by atoms with van der Waals surface area (Å²) in [6.45, 7) is 7.38. The number of carboxylic acid groups (broad SMARTS) is 5. The van der Waals surface area contributed by atoms with E-state index in [0.29, 0.717) is 29.5 Å². The Labute approximate surface area is 464 Å². The van der Waals surface area contributed by atoms with Crippen molar-refractivity contribution in [2.45, 2.75) is 53.4 Å². The number of carbonyl (C=O) groups excluding carboxylic acids is 9. The van der Waals surface area contributed by atoms with Crippen molar-refractivity contribution < 1.29 is 102 Å². The molecule has 6 aromatic carbocycles. The van der Waals surface area contributed by atoms with E-state index in [-0.39, 0.29) is 35.3 Å². The molecule has 0 aliphatic rings. The molecule has 5 N–H and O–H groups in total. The summed E-state index contributed by atoms with van der Waals surface area (Å²) in [4.78, 5) is 149. The van der Waals surface area contributed by atoms with Gasteiger partial charge in [-0.05, 0) is 37.8 Å². The molecule has 0 atom stereocenters. The van der Waals surface area contributed by atoms with Crippen LogP contribution in [-0.4, -0.2) is 122 Å². The molecule has 0 amide bonds. The average Bonchev–Trinajstić information content (AvgIpc) is 3.49. The minimum atomic E-state index is -1.42. The summed E-state index contributed by atoms with van der Waals surface area (Å²) in [7, 11) is 1.18. The second kappa shape index (κ2) is 39.6. The molecule has 21 heteroatoms. The Kier molecular flexibility index (Phi) is 34.4. The number of methoxy groups -OCH3 is 1. The zero-order valence-corrected chi connectivity index (χ0v) is 44.5. The van der Waals surface area contributed by atoms with Gasteiger partial charge in [-0.15, -0.1) is 0 Å². The third kappa shape index (κ3) is 27.8. The smallest absolute Gasteiger partial charge is 0.379 e. The number of ether oxygens (including phenoxy) is 2. The maximum atomic E-state index is 11.3. The van der Waals surface area contributed by atoms with Crippen LogP contribution in [0.5, 0.6) is 0 Å². The number of carboxylic acids is 5. The summed E-state index contributed by atoms with van der Waals surface area (Å²) in [5.74, 6) is -13.9. The summed E-state index contributed by atoms with van der Waals surface area (Å²) in [5, 5.41) is 41.5. The number of carbonyl (C=O) groups is 14. The number of hydrogen-bond donors (Lipinski definition) is 5. The van der Waals surface area contributed by atoms with Crippen LogP contribution < -0.4 is 0 Å². The van der Waals surface area contributed by atoms with Gasteiger partial charge >= 0.3 is 41.8 Å². The van der Waals surface area contributed by atoms with Gasteiger partial charge in [0.2, 0.25) is 5.78 Å². The Bertz CT molecular complexity index is 3030. The van der Waals surface area contributed by atoms with Crippen LogP contribution in [-0.2, 0) is 54.3 Å². The van der Waals surface area contributed by atoms with E-state index < -0.39 is 82.3 Å².